The van der Waals surface area contributed by atoms with E-state index in [1.165, 1.54) is 6.33 Å². The number of aromatic amines is 1. The van der Waals surface area contributed by atoms with Gasteiger partial charge in [0.2, 0.25) is 0 Å². The fraction of sp³-hybridized carbons (Fsp3) is 0.188. The van der Waals surface area contributed by atoms with Gasteiger partial charge in [0.05, 0.1) is 20.5 Å². The molecule has 0 amide bonds. The average molecular weight is 311 g/mol. The van der Waals surface area contributed by atoms with Crippen LogP contribution in [0.5, 0.6) is 11.5 Å². The minimum atomic E-state index is 0.624. The molecule has 0 spiro atoms. The second-order valence-electron chi connectivity index (χ2n) is 4.72. The van der Waals surface area contributed by atoms with E-state index in [0.717, 1.165) is 16.9 Å². The quantitative estimate of drug-likeness (QED) is 0.727. The predicted molar refractivity (Wildman–Crippen MR) is 88.8 cm³/mol. The van der Waals surface area contributed by atoms with Crippen LogP contribution in [0.3, 0.4) is 0 Å². The largest absolute Gasteiger partial charge is 0.493 e. The third-order valence-corrected chi connectivity index (χ3v) is 3.33. The van der Waals surface area contributed by atoms with Gasteiger partial charge in [-0.2, -0.15) is 0 Å². The topological polar surface area (TPSA) is 85.0 Å². The van der Waals surface area contributed by atoms with Gasteiger partial charge in [-0.3, -0.25) is 0 Å². The standard InChI is InChI=1S/C16H17N5O2/c1-22-12-6-5-11(8-13(12)23-2)4-3-7-17-15-14-16(19-9-18-14)21-10-20-15/h3-6,8-10H,7H2,1-2H3,(H2,17,18,19,20,21)/b4-3+. The summed E-state index contributed by atoms with van der Waals surface area (Å²) in [6.07, 6.45) is 7.10. The van der Waals surface area contributed by atoms with E-state index < -0.39 is 0 Å². The summed E-state index contributed by atoms with van der Waals surface area (Å²) in [5.41, 5.74) is 2.47. The predicted octanol–water partition coefficient (Wildman–Crippen LogP) is 2.50. The summed E-state index contributed by atoms with van der Waals surface area (Å²) < 4.78 is 10.5. The number of aromatic nitrogens is 4. The molecule has 2 aromatic heterocycles. The lowest BCUT2D eigenvalue weighted by Gasteiger charge is -2.07. The molecule has 0 aliphatic rings. The van der Waals surface area contributed by atoms with Crippen molar-refractivity contribution in [2.24, 2.45) is 0 Å². The zero-order valence-corrected chi connectivity index (χ0v) is 12.9. The summed E-state index contributed by atoms with van der Waals surface area (Å²) in [6.45, 7) is 0.624. The fourth-order valence-electron chi connectivity index (χ4n) is 2.21. The van der Waals surface area contributed by atoms with Crippen LogP contribution >= 0.6 is 0 Å². The van der Waals surface area contributed by atoms with Crippen molar-refractivity contribution in [3.05, 3.63) is 42.5 Å². The number of hydrogen-bond donors (Lipinski definition) is 2. The molecule has 0 saturated heterocycles. The molecule has 2 N–H and O–H groups in total. The van der Waals surface area contributed by atoms with Crippen LogP contribution < -0.4 is 14.8 Å². The molecule has 0 fully saturated rings. The van der Waals surface area contributed by atoms with Gasteiger partial charge >= 0.3 is 0 Å². The zero-order chi connectivity index (χ0) is 16.1. The maximum absolute atomic E-state index is 5.29. The Morgan fingerprint density at radius 2 is 2.00 bits per heavy atom. The number of H-pyrrole nitrogens is 1. The molecule has 0 saturated carbocycles. The minimum absolute atomic E-state index is 0.624. The van der Waals surface area contributed by atoms with Crippen molar-refractivity contribution in [3.8, 4) is 11.5 Å². The van der Waals surface area contributed by atoms with Crippen molar-refractivity contribution in [3.63, 3.8) is 0 Å². The van der Waals surface area contributed by atoms with Crippen molar-refractivity contribution in [2.75, 3.05) is 26.1 Å². The first-order valence-electron chi connectivity index (χ1n) is 7.08. The van der Waals surface area contributed by atoms with Crippen molar-refractivity contribution >= 4 is 23.1 Å². The van der Waals surface area contributed by atoms with Gasteiger partial charge in [0, 0.05) is 6.54 Å². The van der Waals surface area contributed by atoms with Crippen molar-refractivity contribution in [1.82, 2.24) is 19.9 Å². The second-order valence-corrected chi connectivity index (χ2v) is 4.72. The number of methoxy groups -OCH3 is 2. The molecule has 2 heterocycles. The van der Waals surface area contributed by atoms with Crippen molar-refractivity contribution in [1.29, 1.82) is 0 Å². The summed E-state index contributed by atoms with van der Waals surface area (Å²) in [5.74, 6) is 2.15. The van der Waals surface area contributed by atoms with Gasteiger partial charge in [-0.05, 0) is 17.7 Å². The number of imidazole rings is 1. The van der Waals surface area contributed by atoms with E-state index in [1.807, 2.05) is 30.4 Å². The second kappa shape index (κ2) is 6.78. The monoisotopic (exact) mass is 311 g/mol. The van der Waals surface area contributed by atoms with Gasteiger partial charge in [-0.25, -0.2) is 15.0 Å². The van der Waals surface area contributed by atoms with Crippen LogP contribution in [0, 0.1) is 0 Å². The summed E-state index contributed by atoms with van der Waals surface area (Å²) in [4.78, 5) is 15.4. The molecule has 7 heteroatoms. The van der Waals surface area contributed by atoms with E-state index in [1.54, 1.807) is 20.5 Å². The maximum atomic E-state index is 5.29. The van der Waals surface area contributed by atoms with E-state index >= 15 is 0 Å². The molecule has 118 valence electrons. The molecule has 23 heavy (non-hydrogen) atoms. The lowest BCUT2D eigenvalue weighted by Crippen LogP contribution is -2.01. The Labute approximate surface area is 133 Å². The average Bonchev–Trinajstić information content (AvgIpc) is 3.08. The third kappa shape index (κ3) is 3.23. The number of hydrogen-bond acceptors (Lipinski definition) is 6. The van der Waals surface area contributed by atoms with Crippen LogP contribution in [0.1, 0.15) is 5.56 Å². The Balaban J connectivity index is 1.66. The lowest BCUT2D eigenvalue weighted by molar-refractivity contribution is 0.355. The molecule has 3 rings (SSSR count). The molecular formula is C16H17N5O2. The molecule has 0 radical (unpaired) electrons. The highest BCUT2D eigenvalue weighted by Gasteiger charge is 2.04. The number of anilines is 1. The van der Waals surface area contributed by atoms with E-state index in [9.17, 15) is 0 Å². The van der Waals surface area contributed by atoms with E-state index in [-0.39, 0.29) is 0 Å². The molecule has 0 aliphatic carbocycles. The molecule has 0 unspecified atom stereocenters. The highest BCUT2D eigenvalue weighted by atomic mass is 16.5. The Morgan fingerprint density at radius 3 is 2.83 bits per heavy atom. The van der Waals surface area contributed by atoms with Crippen LogP contribution in [0.25, 0.3) is 17.2 Å². The fourth-order valence-corrected chi connectivity index (χ4v) is 2.21. The summed E-state index contributed by atoms with van der Waals surface area (Å²) in [5, 5.41) is 3.23. The summed E-state index contributed by atoms with van der Waals surface area (Å²) in [6, 6.07) is 5.77. The maximum Gasteiger partial charge on any atom is 0.182 e. The number of rotatable bonds is 6. The summed E-state index contributed by atoms with van der Waals surface area (Å²) in [7, 11) is 3.24. The van der Waals surface area contributed by atoms with Crippen molar-refractivity contribution < 1.29 is 9.47 Å². The van der Waals surface area contributed by atoms with Crippen LogP contribution in [0.2, 0.25) is 0 Å². The SMILES string of the molecule is COc1ccc(/C=C/CNc2ncnc3nc[nH]c23)cc1OC. The Bertz CT molecular complexity index is 828. The number of nitrogens with zero attached hydrogens (tertiary/aromatic N) is 3. The molecule has 3 aromatic rings. The Kier molecular flexibility index (Phi) is 4.37. The number of nitrogens with one attached hydrogen (secondary N) is 2. The van der Waals surface area contributed by atoms with Crippen LogP contribution in [0.4, 0.5) is 5.82 Å². The van der Waals surface area contributed by atoms with Gasteiger partial charge in [0.1, 0.15) is 11.8 Å². The van der Waals surface area contributed by atoms with Gasteiger partial charge in [-0.15, -0.1) is 0 Å². The van der Waals surface area contributed by atoms with E-state index in [2.05, 4.69) is 25.3 Å². The first-order chi connectivity index (χ1) is 11.3. The minimum Gasteiger partial charge on any atom is -0.493 e. The normalized spacial score (nSPS) is 11.0. The van der Waals surface area contributed by atoms with Gasteiger partial charge in [0.25, 0.3) is 0 Å². The first-order valence-corrected chi connectivity index (χ1v) is 7.08. The van der Waals surface area contributed by atoms with Gasteiger partial charge in [0.15, 0.2) is 23.0 Å². The molecule has 0 aliphatic heterocycles. The number of benzene rings is 1. The Hall–Kier alpha value is -3.09. The van der Waals surface area contributed by atoms with E-state index in [0.29, 0.717) is 23.7 Å². The molecular weight excluding hydrogens is 294 g/mol. The van der Waals surface area contributed by atoms with Crippen LogP contribution in [-0.4, -0.2) is 40.7 Å². The number of ether oxygens (including phenoxy) is 2. The molecule has 7 nitrogen and oxygen atoms in total. The Morgan fingerprint density at radius 1 is 1.13 bits per heavy atom. The van der Waals surface area contributed by atoms with E-state index in [4.69, 9.17) is 9.47 Å². The third-order valence-electron chi connectivity index (χ3n) is 3.33. The van der Waals surface area contributed by atoms with Crippen LogP contribution in [-0.2, 0) is 0 Å². The smallest absolute Gasteiger partial charge is 0.182 e. The number of fused-ring (bicyclic) bond motifs is 1. The van der Waals surface area contributed by atoms with Gasteiger partial charge in [-0.1, -0.05) is 18.2 Å². The molecule has 0 atom stereocenters. The first kappa shape index (κ1) is 14.8. The van der Waals surface area contributed by atoms with Crippen LogP contribution in [0.15, 0.2) is 36.9 Å². The summed E-state index contributed by atoms with van der Waals surface area (Å²) >= 11 is 0. The highest BCUT2D eigenvalue weighted by molar-refractivity contribution is 5.82. The lowest BCUT2D eigenvalue weighted by atomic mass is 10.2. The van der Waals surface area contributed by atoms with Crippen molar-refractivity contribution in [2.45, 2.75) is 0 Å². The highest BCUT2D eigenvalue weighted by Crippen LogP contribution is 2.27. The molecule has 1 aromatic carbocycles. The molecule has 0 bridgehead atoms. The van der Waals surface area contributed by atoms with Gasteiger partial charge < -0.3 is 19.8 Å². The zero-order valence-electron chi connectivity index (χ0n) is 12.9.